The monoisotopic (exact) mass is 364 g/mol. The van der Waals surface area contributed by atoms with Crippen molar-refractivity contribution in [2.75, 3.05) is 36.5 Å². The summed E-state index contributed by atoms with van der Waals surface area (Å²) in [6.45, 7) is 2.99. The van der Waals surface area contributed by atoms with E-state index in [1.54, 1.807) is 13.2 Å². The number of ether oxygens (including phenoxy) is 1. The predicted molar refractivity (Wildman–Crippen MR) is 104 cm³/mol. The van der Waals surface area contributed by atoms with E-state index in [-0.39, 0.29) is 11.5 Å². The molecule has 1 amide bonds. The second-order valence-electron chi connectivity index (χ2n) is 6.43. The van der Waals surface area contributed by atoms with Gasteiger partial charge in [-0.25, -0.2) is 4.98 Å². The molecule has 138 valence electrons. The third-order valence-corrected chi connectivity index (χ3v) is 4.74. The Labute approximate surface area is 156 Å². The van der Waals surface area contributed by atoms with Gasteiger partial charge in [0.1, 0.15) is 5.82 Å². The standard InChI is InChI=1S/C20H20N4O3/c1-23-17-5-3-2-4-15(17)16(12-19(23)25)20(26)22-14-6-7-18(21-13-14)24-8-10-27-11-9-24/h2-7,12-13H,8-11H2,1H3,(H,22,26). The van der Waals surface area contributed by atoms with Gasteiger partial charge in [0.05, 0.1) is 36.2 Å². The molecular weight excluding hydrogens is 344 g/mol. The number of carbonyl (C=O) groups is 1. The maximum Gasteiger partial charge on any atom is 0.256 e. The number of aromatic nitrogens is 2. The van der Waals surface area contributed by atoms with Crippen molar-refractivity contribution in [1.29, 1.82) is 0 Å². The molecule has 27 heavy (non-hydrogen) atoms. The quantitative estimate of drug-likeness (QED) is 0.769. The molecule has 0 aliphatic carbocycles. The molecule has 0 bridgehead atoms. The molecule has 0 atom stereocenters. The fourth-order valence-corrected chi connectivity index (χ4v) is 3.24. The Kier molecular flexibility index (Phi) is 4.60. The topological polar surface area (TPSA) is 76.5 Å². The van der Waals surface area contributed by atoms with Gasteiger partial charge < -0.3 is 19.5 Å². The lowest BCUT2D eigenvalue weighted by molar-refractivity contribution is 0.102. The fourth-order valence-electron chi connectivity index (χ4n) is 3.24. The Balaban J connectivity index is 1.58. The van der Waals surface area contributed by atoms with Crippen LogP contribution < -0.4 is 15.8 Å². The Morgan fingerprint density at radius 3 is 2.67 bits per heavy atom. The molecule has 3 heterocycles. The Morgan fingerprint density at radius 2 is 1.93 bits per heavy atom. The highest BCUT2D eigenvalue weighted by Gasteiger charge is 2.15. The van der Waals surface area contributed by atoms with Gasteiger partial charge in [-0.2, -0.15) is 0 Å². The van der Waals surface area contributed by atoms with E-state index in [1.165, 1.54) is 10.6 Å². The minimum Gasteiger partial charge on any atom is -0.378 e. The molecule has 2 aromatic heterocycles. The van der Waals surface area contributed by atoms with Crippen LogP contribution in [0.2, 0.25) is 0 Å². The van der Waals surface area contributed by atoms with Gasteiger partial charge in [0.15, 0.2) is 0 Å². The summed E-state index contributed by atoms with van der Waals surface area (Å²) in [6, 6.07) is 12.4. The number of pyridine rings is 2. The number of rotatable bonds is 3. The number of hydrogen-bond donors (Lipinski definition) is 1. The minimum absolute atomic E-state index is 0.223. The lowest BCUT2D eigenvalue weighted by Gasteiger charge is -2.27. The molecular formula is C20H20N4O3. The molecule has 7 nitrogen and oxygen atoms in total. The zero-order valence-corrected chi connectivity index (χ0v) is 15.0. The molecule has 0 unspecified atom stereocenters. The molecule has 1 saturated heterocycles. The van der Waals surface area contributed by atoms with E-state index in [2.05, 4.69) is 15.2 Å². The number of carbonyl (C=O) groups excluding carboxylic acids is 1. The first-order valence-electron chi connectivity index (χ1n) is 8.82. The zero-order valence-electron chi connectivity index (χ0n) is 15.0. The van der Waals surface area contributed by atoms with Crippen LogP contribution in [0.3, 0.4) is 0 Å². The van der Waals surface area contributed by atoms with E-state index in [9.17, 15) is 9.59 Å². The second kappa shape index (κ2) is 7.20. The molecule has 1 aromatic carbocycles. The first kappa shape index (κ1) is 17.2. The third kappa shape index (κ3) is 3.41. The smallest absolute Gasteiger partial charge is 0.256 e. The van der Waals surface area contributed by atoms with E-state index in [0.29, 0.717) is 24.5 Å². The van der Waals surface area contributed by atoms with Gasteiger partial charge >= 0.3 is 0 Å². The molecule has 1 N–H and O–H groups in total. The van der Waals surface area contributed by atoms with Crippen molar-refractivity contribution in [3.63, 3.8) is 0 Å². The molecule has 0 spiro atoms. The molecule has 0 saturated carbocycles. The van der Waals surface area contributed by atoms with Crippen LogP contribution in [-0.4, -0.2) is 41.8 Å². The minimum atomic E-state index is -0.329. The number of hydrogen-bond acceptors (Lipinski definition) is 5. The summed E-state index contributed by atoms with van der Waals surface area (Å²) in [5.41, 5.74) is 1.43. The van der Waals surface area contributed by atoms with Crippen LogP contribution in [0.4, 0.5) is 11.5 Å². The van der Waals surface area contributed by atoms with Gasteiger partial charge in [0, 0.05) is 31.6 Å². The van der Waals surface area contributed by atoms with Gasteiger partial charge in [-0.1, -0.05) is 18.2 Å². The summed E-state index contributed by atoms with van der Waals surface area (Å²) in [4.78, 5) is 31.5. The van der Waals surface area contributed by atoms with Crippen LogP contribution in [0, 0.1) is 0 Å². The molecule has 4 rings (SSSR count). The molecule has 0 radical (unpaired) electrons. The van der Waals surface area contributed by atoms with Crippen LogP contribution in [0.5, 0.6) is 0 Å². The highest BCUT2D eigenvalue weighted by Crippen LogP contribution is 2.19. The lowest BCUT2D eigenvalue weighted by Crippen LogP contribution is -2.36. The van der Waals surface area contributed by atoms with Crippen molar-refractivity contribution in [2.45, 2.75) is 0 Å². The van der Waals surface area contributed by atoms with Crippen LogP contribution >= 0.6 is 0 Å². The molecule has 3 aromatic rings. The molecule has 1 aliphatic heterocycles. The number of fused-ring (bicyclic) bond motifs is 1. The van der Waals surface area contributed by atoms with Gasteiger partial charge in [0.25, 0.3) is 11.5 Å². The van der Waals surface area contributed by atoms with Crippen LogP contribution in [0.25, 0.3) is 10.9 Å². The summed E-state index contributed by atoms with van der Waals surface area (Å²) in [5, 5.41) is 3.57. The number of nitrogens with one attached hydrogen (secondary N) is 1. The van der Waals surface area contributed by atoms with Crippen molar-refractivity contribution < 1.29 is 9.53 Å². The number of amides is 1. The van der Waals surface area contributed by atoms with Gasteiger partial charge in [-0.15, -0.1) is 0 Å². The van der Waals surface area contributed by atoms with E-state index >= 15 is 0 Å². The van der Waals surface area contributed by atoms with Crippen molar-refractivity contribution >= 4 is 28.3 Å². The van der Waals surface area contributed by atoms with Crippen molar-refractivity contribution in [2.24, 2.45) is 7.05 Å². The Hall–Kier alpha value is -3.19. The zero-order chi connectivity index (χ0) is 18.8. The fraction of sp³-hybridized carbons (Fsp3) is 0.250. The second-order valence-corrected chi connectivity index (χ2v) is 6.43. The summed E-state index contributed by atoms with van der Waals surface area (Å²) >= 11 is 0. The summed E-state index contributed by atoms with van der Waals surface area (Å²) in [5.74, 6) is 0.528. The Morgan fingerprint density at radius 1 is 1.15 bits per heavy atom. The maximum absolute atomic E-state index is 12.8. The van der Waals surface area contributed by atoms with Gasteiger partial charge in [-0.05, 0) is 18.2 Å². The van der Waals surface area contributed by atoms with Crippen LogP contribution in [0.15, 0.2) is 53.5 Å². The predicted octanol–water partition coefficient (Wildman–Crippen LogP) is 2.02. The van der Waals surface area contributed by atoms with Crippen molar-refractivity contribution in [3.05, 3.63) is 64.6 Å². The largest absolute Gasteiger partial charge is 0.378 e. The first-order chi connectivity index (χ1) is 13.1. The molecule has 7 heteroatoms. The van der Waals surface area contributed by atoms with Gasteiger partial charge in [0.2, 0.25) is 0 Å². The number of aryl methyl sites for hydroxylation is 1. The molecule has 1 aliphatic rings. The first-order valence-corrected chi connectivity index (χ1v) is 8.82. The van der Waals surface area contributed by atoms with E-state index in [4.69, 9.17) is 4.74 Å². The summed E-state index contributed by atoms with van der Waals surface area (Å²) in [6.07, 6.45) is 1.63. The van der Waals surface area contributed by atoms with Crippen LogP contribution in [0.1, 0.15) is 10.4 Å². The third-order valence-electron chi connectivity index (χ3n) is 4.74. The number of nitrogens with zero attached hydrogens (tertiary/aromatic N) is 3. The summed E-state index contributed by atoms with van der Waals surface area (Å²) in [7, 11) is 1.70. The van der Waals surface area contributed by atoms with E-state index in [0.717, 1.165) is 29.8 Å². The van der Waals surface area contributed by atoms with E-state index < -0.39 is 0 Å². The average molecular weight is 364 g/mol. The molecule has 1 fully saturated rings. The number of benzene rings is 1. The Bertz CT molecular complexity index is 1040. The SMILES string of the molecule is Cn1c(=O)cc(C(=O)Nc2ccc(N3CCOCC3)nc2)c2ccccc21. The van der Waals surface area contributed by atoms with Crippen molar-refractivity contribution in [3.8, 4) is 0 Å². The number of anilines is 2. The van der Waals surface area contributed by atoms with Crippen molar-refractivity contribution in [1.82, 2.24) is 9.55 Å². The van der Waals surface area contributed by atoms with Gasteiger partial charge in [-0.3, -0.25) is 9.59 Å². The number of para-hydroxylation sites is 1. The lowest BCUT2D eigenvalue weighted by atomic mass is 10.1. The van der Waals surface area contributed by atoms with E-state index in [1.807, 2.05) is 36.4 Å². The number of morpholine rings is 1. The van der Waals surface area contributed by atoms with Crippen LogP contribution in [-0.2, 0) is 11.8 Å². The average Bonchev–Trinajstić information content (AvgIpc) is 2.72. The highest BCUT2D eigenvalue weighted by molar-refractivity contribution is 6.12. The highest BCUT2D eigenvalue weighted by atomic mass is 16.5. The maximum atomic E-state index is 12.8. The summed E-state index contributed by atoms with van der Waals surface area (Å²) < 4.78 is 6.88. The normalized spacial score (nSPS) is 14.3.